The van der Waals surface area contributed by atoms with E-state index in [1.54, 1.807) is 60.7 Å². The fourth-order valence-electron chi connectivity index (χ4n) is 7.90. The van der Waals surface area contributed by atoms with Crippen LogP contribution in [0.25, 0.3) is 22.3 Å². The molecule has 0 amide bonds. The van der Waals surface area contributed by atoms with Crippen molar-refractivity contribution in [2.75, 3.05) is 13.2 Å². The number of carbonyl (C=O) groups is 2. The van der Waals surface area contributed by atoms with Crippen LogP contribution in [0.4, 0.5) is 0 Å². The molecular formula is C48H50O16. The van der Waals surface area contributed by atoms with Gasteiger partial charge in [0.1, 0.15) is 60.3 Å². The fourth-order valence-corrected chi connectivity index (χ4v) is 7.90. The van der Waals surface area contributed by atoms with Gasteiger partial charge in [-0.05, 0) is 81.6 Å². The van der Waals surface area contributed by atoms with Crippen molar-refractivity contribution in [2.24, 2.45) is 0 Å². The van der Waals surface area contributed by atoms with Gasteiger partial charge in [0, 0.05) is 11.1 Å². The summed E-state index contributed by atoms with van der Waals surface area (Å²) in [4.78, 5) is 23.1. The van der Waals surface area contributed by atoms with Crippen LogP contribution >= 0.6 is 0 Å². The van der Waals surface area contributed by atoms with E-state index in [-0.39, 0.29) is 24.3 Å². The molecule has 16 nitrogen and oxygen atoms in total. The van der Waals surface area contributed by atoms with Gasteiger partial charge >= 0.3 is 11.9 Å². The van der Waals surface area contributed by atoms with Crippen molar-refractivity contribution in [2.45, 2.75) is 87.1 Å². The summed E-state index contributed by atoms with van der Waals surface area (Å²) in [6, 6.07) is 32.5. The Balaban J connectivity index is 1.13. The van der Waals surface area contributed by atoms with Crippen LogP contribution in [-0.4, -0.2) is 138 Å². The lowest BCUT2D eigenvalue weighted by molar-refractivity contribution is -0.277. The molecule has 0 bridgehead atoms. The van der Waals surface area contributed by atoms with E-state index in [9.17, 15) is 60.7 Å². The van der Waals surface area contributed by atoms with Crippen LogP contribution < -0.4 is 9.47 Å². The predicted octanol–water partition coefficient (Wildman–Crippen LogP) is 1.81. The molecule has 7 rings (SSSR count). The van der Waals surface area contributed by atoms with E-state index in [0.717, 1.165) is 22.3 Å². The summed E-state index contributed by atoms with van der Waals surface area (Å²) in [5, 5.41) is 101. The zero-order chi connectivity index (χ0) is 45.7. The quantitative estimate of drug-likeness (QED) is 0.0677. The maximum Gasteiger partial charge on any atom is 0.307 e. The maximum atomic E-state index is 11.5. The van der Waals surface area contributed by atoms with E-state index in [4.69, 9.17) is 18.9 Å². The van der Waals surface area contributed by atoms with Gasteiger partial charge in [-0.25, -0.2) is 0 Å². The van der Waals surface area contributed by atoms with Crippen molar-refractivity contribution < 1.29 is 79.6 Å². The second-order valence-electron chi connectivity index (χ2n) is 16.0. The van der Waals surface area contributed by atoms with Crippen LogP contribution in [0.1, 0.15) is 33.4 Å². The lowest BCUT2D eigenvalue weighted by atomic mass is 9.94. The van der Waals surface area contributed by atoms with E-state index in [0.29, 0.717) is 46.2 Å². The molecule has 2 saturated heterocycles. The molecule has 338 valence electrons. The Bertz CT molecular complexity index is 2230. The number of benzene rings is 5. The van der Waals surface area contributed by atoms with Gasteiger partial charge in [0.15, 0.2) is 0 Å². The third-order valence-electron chi connectivity index (χ3n) is 11.3. The molecule has 10 atom stereocenters. The van der Waals surface area contributed by atoms with E-state index in [1.165, 1.54) is 0 Å². The number of carboxylic acids is 2. The highest BCUT2D eigenvalue weighted by Gasteiger charge is 2.46. The standard InChI is InChI=1S/C48H50O16/c49-23-37-41(55)43(57)45(59)47(63-37)61-35-13-11-29(19-33(35)31-5-1-3-27(17-31)21-39(51)52)15-25-7-9-26(10-8-25)16-30-12-14-36(62-48-46(60)44(58)42(56)38(24-50)64-48)34(20-30)32-6-2-4-28(18-32)22-40(53)54/h1-14,17-20,37-38,41-50,55-60H,15-16,21-24H2,(H,51,52)(H,53,54)/t37-,38-,41-,42-,43-,44-,45+,46+,47+,48+/m1/s1. The number of carboxylic acid groups (broad SMARTS) is 2. The van der Waals surface area contributed by atoms with Gasteiger partial charge in [-0.3, -0.25) is 9.59 Å². The smallest absolute Gasteiger partial charge is 0.307 e. The highest BCUT2D eigenvalue weighted by molar-refractivity contribution is 5.76. The molecule has 0 radical (unpaired) electrons. The van der Waals surface area contributed by atoms with Gasteiger partial charge in [0.2, 0.25) is 12.6 Å². The molecule has 0 spiro atoms. The SMILES string of the molecule is O=C(O)Cc1cccc(-c2cc(Cc3ccc(Cc4ccc(O[C@H]5O[C@H](CO)[C@@H](O)[C@@H](O)[C@@H]5O)c(-c5cccc(CC(=O)O)c5)c4)cc3)ccc2O[C@H]2O[C@H](CO)[C@@H](O)[C@@H](O)[C@@H]2O)c1. The molecule has 5 aromatic carbocycles. The molecule has 5 aromatic rings. The first-order valence-electron chi connectivity index (χ1n) is 20.6. The van der Waals surface area contributed by atoms with Gasteiger partial charge in [0.25, 0.3) is 0 Å². The van der Waals surface area contributed by atoms with Gasteiger partial charge in [0.05, 0.1) is 26.1 Å². The number of aliphatic hydroxyl groups excluding tert-OH is 8. The Kier molecular flexibility index (Phi) is 14.7. The average Bonchev–Trinajstić information content (AvgIpc) is 3.28. The second-order valence-corrected chi connectivity index (χ2v) is 16.0. The van der Waals surface area contributed by atoms with Crippen molar-refractivity contribution in [1.82, 2.24) is 0 Å². The van der Waals surface area contributed by atoms with Crippen molar-refractivity contribution in [3.05, 3.63) is 143 Å². The predicted molar refractivity (Wildman–Crippen MR) is 227 cm³/mol. The van der Waals surface area contributed by atoms with Crippen molar-refractivity contribution in [3.63, 3.8) is 0 Å². The summed E-state index contributed by atoms with van der Waals surface area (Å²) >= 11 is 0. The van der Waals surface area contributed by atoms with Crippen molar-refractivity contribution in [3.8, 4) is 33.8 Å². The fraction of sp³-hybridized carbons (Fsp3) is 0.333. The maximum absolute atomic E-state index is 11.5. The Morgan fingerprint density at radius 1 is 0.453 bits per heavy atom. The minimum atomic E-state index is -1.65. The van der Waals surface area contributed by atoms with E-state index in [1.807, 2.05) is 48.5 Å². The Morgan fingerprint density at radius 2 is 0.828 bits per heavy atom. The number of aliphatic carboxylic acids is 2. The van der Waals surface area contributed by atoms with Crippen LogP contribution in [0.3, 0.4) is 0 Å². The Hall–Kier alpha value is -5.76. The molecule has 0 saturated carbocycles. The van der Waals surface area contributed by atoms with E-state index >= 15 is 0 Å². The number of ether oxygens (including phenoxy) is 4. The van der Waals surface area contributed by atoms with Gasteiger partial charge in [-0.2, -0.15) is 0 Å². The van der Waals surface area contributed by atoms with Gasteiger partial charge < -0.3 is 70.0 Å². The number of hydrogen-bond acceptors (Lipinski definition) is 14. The normalized spacial score (nSPS) is 25.7. The molecular weight excluding hydrogens is 833 g/mol. The second kappa shape index (κ2) is 20.4. The van der Waals surface area contributed by atoms with Crippen LogP contribution in [0.15, 0.2) is 109 Å². The Morgan fingerprint density at radius 3 is 1.19 bits per heavy atom. The van der Waals surface area contributed by atoms with Crippen LogP contribution in [0.2, 0.25) is 0 Å². The molecule has 0 aliphatic carbocycles. The van der Waals surface area contributed by atoms with Crippen molar-refractivity contribution >= 4 is 11.9 Å². The zero-order valence-corrected chi connectivity index (χ0v) is 34.3. The number of hydrogen-bond donors (Lipinski definition) is 10. The summed E-state index contributed by atoms with van der Waals surface area (Å²) in [5.74, 6) is -1.52. The molecule has 10 N–H and O–H groups in total. The lowest BCUT2D eigenvalue weighted by Gasteiger charge is -2.39. The highest BCUT2D eigenvalue weighted by atomic mass is 16.7. The van der Waals surface area contributed by atoms with Crippen LogP contribution in [0, 0.1) is 0 Å². The molecule has 2 aliphatic rings. The molecule has 2 aliphatic heterocycles. The summed E-state index contributed by atoms with van der Waals surface area (Å²) in [6.07, 6.45) is -14.5. The number of rotatable bonds is 16. The average molecular weight is 883 g/mol. The van der Waals surface area contributed by atoms with E-state index in [2.05, 4.69) is 0 Å². The summed E-state index contributed by atoms with van der Waals surface area (Å²) in [6.45, 7) is -1.26. The minimum Gasteiger partial charge on any atom is -0.481 e. The largest absolute Gasteiger partial charge is 0.481 e. The first-order valence-corrected chi connectivity index (χ1v) is 20.6. The molecule has 0 unspecified atom stereocenters. The van der Waals surface area contributed by atoms with Gasteiger partial charge in [-0.1, -0.05) is 84.9 Å². The first kappa shape index (κ1) is 46.2. The first-order chi connectivity index (χ1) is 30.7. The van der Waals surface area contributed by atoms with Gasteiger partial charge in [-0.15, -0.1) is 0 Å². The van der Waals surface area contributed by atoms with Crippen LogP contribution in [0.5, 0.6) is 11.5 Å². The summed E-state index contributed by atoms with van der Waals surface area (Å²) in [5.41, 5.74) is 7.03. The third-order valence-corrected chi connectivity index (χ3v) is 11.3. The minimum absolute atomic E-state index is 0.218. The molecule has 64 heavy (non-hydrogen) atoms. The molecule has 2 fully saturated rings. The Labute approximate surface area is 367 Å². The monoisotopic (exact) mass is 882 g/mol. The molecule has 0 aromatic heterocycles. The zero-order valence-electron chi connectivity index (χ0n) is 34.3. The summed E-state index contributed by atoms with van der Waals surface area (Å²) in [7, 11) is 0. The topological polar surface area (TPSA) is 273 Å². The van der Waals surface area contributed by atoms with Crippen LogP contribution in [-0.2, 0) is 44.7 Å². The highest BCUT2D eigenvalue weighted by Crippen LogP contribution is 2.37. The van der Waals surface area contributed by atoms with E-state index < -0.39 is 86.6 Å². The number of aliphatic hydroxyl groups is 8. The summed E-state index contributed by atoms with van der Waals surface area (Å²) < 4.78 is 23.4. The molecule has 2 heterocycles. The van der Waals surface area contributed by atoms with Crippen molar-refractivity contribution in [1.29, 1.82) is 0 Å². The lowest BCUT2D eigenvalue weighted by Crippen LogP contribution is -2.60. The molecule has 16 heteroatoms. The third kappa shape index (κ3) is 10.8.